The fourth-order valence-electron chi connectivity index (χ4n) is 2.25. The molecule has 2 fully saturated rings. The second kappa shape index (κ2) is 4.81. The molecule has 106 valence electrons. The molecule has 0 aromatic heterocycles. The van der Waals surface area contributed by atoms with Gasteiger partial charge in [-0.3, -0.25) is 4.79 Å². The first-order valence-electron chi connectivity index (χ1n) is 8.76. The van der Waals surface area contributed by atoms with Gasteiger partial charge >= 0.3 is 12.1 Å². The van der Waals surface area contributed by atoms with E-state index in [4.69, 9.17) is 11.6 Å². The van der Waals surface area contributed by atoms with Gasteiger partial charge in [0.1, 0.15) is 6.61 Å². The molecule has 1 aromatic rings. The lowest BCUT2D eigenvalue weighted by Crippen LogP contribution is -2.30. The maximum atomic E-state index is 12.3. The predicted molar refractivity (Wildman–Crippen MR) is 71.0 cm³/mol. The van der Waals surface area contributed by atoms with Gasteiger partial charge in [0.15, 0.2) is 0 Å². The van der Waals surface area contributed by atoms with Crippen molar-refractivity contribution in [3.8, 4) is 0 Å². The molecule has 0 radical (unpaired) electrons. The first-order chi connectivity index (χ1) is 11.5. The van der Waals surface area contributed by atoms with Gasteiger partial charge < -0.3 is 14.7 Å². The number of carboxylic acid groups (broad SMARTS) is 1. The minimum atomic E-state index is -2.65. The van der Waals surface area contributed by atoms with Gasteiger partial charge in [0, 0.05) is 22.6 Å². The van der Waals surface area contributed by atoms with Crippen LogP contribution in [0.5, 0.6) is 0 Å². The molecule has 1 aliphatic carbocycles. The van der Waals surface area contributed by atoms with Crippen molar-refractivity contribution in [3.05, 3.63) is 35.9 Å². The van der Waals surface area contributed by atoms with Crippen LogP contribution < -0.4 is 0 Å². The van der Waals surface area contributed by atoms with Crippen molar-refractivity contribution in [2.24, 2.45) is 11.3 Å². The fraction of sp³-hybridized carbons (Fsp3) is 0.467. The van der Waals surface area contributed by atoms with Gasteiger partial charge in [0.2, 0.25) is 0 Å². The maximum Gasteiger partial charge on any atom is 0.410 e. The Bertz CT molecular complexity index is 728. The normalized spacial score (nSPS) is 40.0. The van der Waals surface area contributed by atoms with Crippen LogP contribution in [-0.4, -0.2) is 35.1 Å². The molecule has 1 saturated carbocycles. The van der Waals surface area contributed by atoms with E-state index in [9.17, 15) is 14.7 Å². The van der Waals surface area contributed by atoms with Crippen molar-refractivity contribution in [1.82, 2.24) is 4.90 Å². The quantitative estimate of drug-likeness (QED) is 0.921. The molecule has 2 unspecified atom stereocenters. The lowest BCUT2D eigenvalue weighted by Gasteiger charge is -2.16. The van der Waals surface area contributed by atoms with E-state index in [0.29, 0.717) is 10.5 Å². The van der Waals surface area contributed by atoms with E-state index in [1.54, 1.807) is 30.3 Å². The number of aliphatic carboxylic acids is 1. The van der Waals surface area contributed by atoms with Gasteiger partial charge in [0.25, 0.3) is 0 Å². The molecule has 2 atom stereocenters. The van der Waals surface area contributed by atoms with Gasteiger partial charge in [0.05, 0.1) is 8.64 Å². The SMILES string of the molecule is [2H]C1([2H])N(C(=O)OCc2ccccc2)CCC12C([2H])([2H])C2([2H])C(=O)O. The van der Waals surface area contributed by atoms with Crippen molar-refractivity contribution in [2.45, 2.75) is 19.4 Å². The van der Waals surface area contributed by atoms with Crippen molar-refractivity contribution < 1.29 is 26.3 Å². The molecule has 1 N–H and O–H groups in total. The summed E-state index contributed by atoms with van der Waals surface area (Å²) in [7, 11) is 0. The average Bonchev–Trinajstić information content (AvgIpc) is 2.81. The predicted octanol–water partition coefficient (Wildman–Crippen LogP) is 2.12. The number of amides is 1. The minimum absolute atomic E-state index is 0.0862. The summed E-state index contributed by atoms with van der Waals surface area (Å²) in [6.45, 7) is -2.95. The van der Waals surface area contributed by atoms with E-state index >= 15 is 0 Å². The lowest BCUT2D eigenvalue weighted by atomic mass is 10.0. The third-order valence-corrected chi connectivity index (χ3v) is 3.38. The number of nitrogens with zero attached hydrogens (tertiary/aromatic N) is 1. The molecular formula is C15H17NO4. The van der Waals surface area contributed by atoms with Crippen LogP contribution in [0.4, 0.5) is 4.79 Å². The molecule has 1 heterocycles. The second-order valence-corrected chi connectivity index (χ2v) is 4.76. The molecule has 1 aliphatic heterocycles. The summed E-state index contributed by atoms with van der Waals surface area (Å²) in [5, 5.41) is 9.25. The number of rotatable bonds is 3. The van der Waals surface area contributed by atoms with Crippen LogP contribution in [0.15, 0.2) is 30.3 Å². The van der Waals surface area contributed by atoms with E-state index in [1.165, 1.54) is 0 Å². The highest BCUT2D eigenvalue weighted by Gasteiger charge is 2.61. The van der Waals surface area contributed by atoms with Crippen LogP contribution in [0, 0.1) is 11.3 Å². The second-order valence-electron chi connectivity index (χ2n) is 4.76. The van der Waals surface area contributed by atoms with Gasteiger partial charge in [-0.1, -0.05) is 30.3 Å². The van der Waals surface area contributed by atoms with Crippen LogP contribution in [-0.2, 0) is 16.1 Å². The third kappa shape index (κ3) is 2.35. The topological polar surface area (TPSA) is 66.8 Å². The third-order valence-electron chi connectivity index (χ3n) is 3.38. The number of hydrogen-bond acceptors (Lipinski definition) is 3. The molecule has 1 amide bonds. The van der Waals surface area contributed by atoms with E-state index in [1.807, 2.05) is 0 Å². The van der Waals surface area contributed by atoms with Crippen molar-refractivity contribution in [1.29, 1.82) is 0 Å². The Balaban J connectivity index is 1.80. The molecule has 1 spiro atoms. The molecule has 5 heteroatoms. The summed E-state index contributed by atoms with van der Waals surface area (Å²) in [6.07, 6.45) is -3.85. The summed E-state index contributed by atoms with van der Waals surface area (Å²) in [4.78, 5) is 24.4. The molecule has 2 aliphatic rings. The number of likely N-dealkylation sites (tertiary alicyclic amines) is 1. The zero-order chi connectivity index (χ0) is 18.7. The number of benzene rings is 1. The summed E-state index contributed by atoms with van der Waals surface area (Å²) < 4.78 is 45.2. The maximum absolute atomic E-state index is 12.3. The van der Waals surface area contributed by atoms with Gasteiger partial charge in [-0.05, 0) is 18.4 Å². The van der Waals surface area contributed by atoms with Crippen LogP contribution in [0.1, 0.15) is 25.2 Å². The molecular weight excluding hydrogens is 258 g/mol. The first-order valence-corrected chi connectivity index (χ1v) is 6.26. The van der Waals surface area contributed by atoms with Crippen LogP contribution in [0.25, 0.3) is 0 Å². The summed E-state index contributed by atoms with van der Waals surface area (Å²) in [5.74, 6) is -4.38. The van der Waals surface area contributed by atoms with Crippen molar-refractivity contribution in [2.75, 3.05) is 13.0 Å². The standard InChI is InChI=1S/C15H17NO4/c17-13(18)12-8-15(12)6-7-16(10-15)14(19)20-9-11-4-2-1-3-5-11/h1-5,12H,6-10H2,(H,17,18)/i8D2,10D2,12D. The zero-order valence-corrected chi connectivity index (χ0v) is 10.6. The van der Waals surface area contributed by atoms with Gasteiger partial charge in [-0.15, -0.1) is 0 Å². The van der Waals surface area contributed by atoms with E-state index in [-0.39, 0.29) is 19.6 Å². The Morgan fingerprint density at radius 2 is 2.25 bits per heavy atom. The van der Waals surface area contributed by atoms with Crippen molar-refractivity contribution >= 4 is 12.1 Å². The van der Waals surface area contributed by atoms with Crippen LogP contribution in [0.2, 0.25) is 0 Å². The number of ether oxygens (including phenoxy) is 1. The Morgan fingerprint density at radius 3 is 2.90 bits per heavy atom. The van der Waals surface area contributed by atoms with Crippen molar-refractivity contribution in [3.63, 3.8) is 0 Å². The number of hydrogen-bond donors (Lipinski definition) is 1. The Hall–Kier alpha value is -2.04. The van der Waals surface area contributed by atoms with Gasteiger partial charge in [-0.2, -0.15) is 0 Å². The lowest BCUT2D eigenvalue weighted by molar-refractivity contribution is -0.139. The molecule has 5 nitrogen and oxygen atoms in total. The molecule has 1 saturated heterocycles. The Morgan fingerprint density at radius 1 is 1.50 bits per heavy atom. The minimum Gasteiger partial charge on any atom is -0.481 e. The summed E-state index contributed by atoms with van der Waals surface area (Å²) in [5.41, 5.74) is -1.42. The van der Waals surface area contributed by atoms with Crippen LogP contribution in [0.3, 0.4) is 0 Å². The highest BCUT2D eigenvalue weighted by molar-refractivity contribution is 5.76. The van der Waals surface area contributed by atoms with E-state index < -0.39 is 36.2 Å². The smallest absolute Gasteiger partial charge is 0.410 e. The largest absolute Gasteiger partial charge is 0.481 e. The summed E-state index contributed by atoms with van der Waals surface area (Å²) >= 11 is 0. The molecule has 20 heavy (non-hydrogen) atoms. The van der Waals surface area contributed by atoms with Gasteiger partial charge in [-0.25, -0.2) is 4.79 Å². The van der Waals surface area contributed by atoms with E-state index in [0.717, 1.165) is 0 Å². The monoisotopic (exact) mass is 280 g/mol. The molecule has 1 aromatic carbocycles. The van der Waals surface area contributed by atoms with E-state index in [2.05, 4.69) is 0 Å². The fourth-order valence-corrected chi connectivity index (χ4v) is 2.25. The molecule has 3 rings (SSSR count). The number of carbonyl (C=O) groups excluding carboxylic acids is 1. The van der Waals surface area contributed by atoms with Crippen LogP contribution >= 0.6 is 0 Å². The zero-order valence-electron chi connectivity index (χ0n) is 15.6. The highest BCUT2D eigenvalue weighted by atomic mass is 16.6. The first kappa shape index (κ1) is 8.29. The Kier molecular flexibility index (Phi) is 2.00. The number of carbonyl (C=O) groups is 2. The highest BCUT2D eigenvalue weighted by Crippen LogP contribution is 2.58. The average molecular weight is 280 g/mol. The summed E-state index contributed by atoms with van der Waals surface area (Å²) in [6, 6.07) is 8.77. The molecule has 0 bridgehead atoms. The number of carboxylic acids is 1. The Labute approximate surface area is 124 Å².